The molecule has 3 aromatic carbocycles. The Bertz CT molecular complexity index is 1680. The van der Waals surface area contributed by atoms with Gasteiger partial charge < -0.3 is 29.4 Å². The molecule has 0 aliphatic carbocycles. The molecule has 0 aromatic heterocycles. The van der Waals surface area contributed by atoms with Crippen molar-refractivity contribution >= 4 is 40.7 Å². The molecular formula is C36H38N4O6. The van der Waals surface area contributed by atoms with Crippen LogP contribution in [0, 0.1) is 5.92 Å². The molecule has 10 nitrogen and oxygen atoms in total. The molecule has 1 spiro atoms. The average molecular weight is 623 g/mol. The molecule has 46 heavy (non-hydrogen) atoms. The number of carbonyl (C=O) groups is 4. The van der Waals surface area contributed by atoms with Gasteiger partial charge in [-0.25, -0.2) is 0 Å². The number of aliphatic hydroxyl groups is 1. The highest BCUT2D eigenvalue weighted by atomic mass is 16.5. The third-order valence-electron chi connectivity index (χ3n) is 9.84. The van der Waals surface area contributed by atoms with E-state index in [1.165, 1.54) is 0 Å². The van der Waals surface area contributed by atoms with Crippen molar-refractivity contribution in [1.82, 2.24) is 4.90 Å². The number of ether oxygens (including phenoxy) is 1. The van der Waals surface area contributed by atoms with Gasteiger partial charge in [-0.1, -0.05) is 49.4 Å². The van der Waals surface area contributed by atoms with Crippen LogP contribution in [0.1, 0.15) is 49.3 Å². The lowest BCUT2D eigenvalue weighted by Crippen LogP contribution is -2.44. The van der Waals surface area contributed by atoms with Crippen LogP contribution in [0.2, 0.25) is 0 Å². The van der Waals surface area contributed by atoms with Gasteiger partial charge in [0.25, 0.3) is 5.91 Å². The van der Waals surface area contributed by atoms with E-state index in [4.69, 9.17) is 4.74 Å². The van der Waals surface area contributed by atoms with Gasteiger partial charge in [-0.3, -0.25) is 19.2 Å². The second kappa shape index (κ2) is 12.0. The van der Waals surface area contributed by atoms with Crippen molar-refractivity contribution in [2.75, 3.05) is 40.9 Å². The van der Waals surface area contributed by atoms with E-state index in [1.54, 1.807) is 19.6 Å². The number of hydrogen-bond donors (Lipinski definition) is 1. The normalized spacial score (nSPS) is 23.5. The third kappa shape index (κ3) is 5.15. The van der Waals surface area contributed by atoms with Gasteiger partial charge in [-0.2, -0.15) is 0 Å². The van der Waals surface area contributed by atoms with Crippen molar-refractivity contribution in [3.8, 4) is 0 Å². The third-order valence-corrected chi connectivity index (χ3v) is 9.84. The van der Waals surface area contributed by atoms with Crippen LogP contribution >= 0.6 is 0 Å². The lowest BCUT2D eigenvalue weighted by molar-refractivity contribution is -0.150. The van der Waals surface area contributed by atoms with Crippen molar-refractivity contribution in [3.05, 3.63) is 89.5 Å². The van der Waals surface area contributed by atoms with Gasteiger partial charge in [0.1, 0.15) is 0 Å². The summed E-state index contributed by atoms with van der Waals surface area (Å²) < 4.78 is 6.73. The molecule has 4 amide bonds. The Labute approximate surface area is 268 Å². The molecule has 3 aromatic rings. The predicted octanol–water partition coefficient (Wildman–Crippen LogP) is 3.74. The summed E-state index contributed by atoms with van der Waals surface area (Å²) in [5, 5.41) is 9.69. The number of benzene rings is 3. The van der Waals surface area contributed by atoms with Crippen LogP contribution in [0.5, 0.6) is 0 Å². The summed E-state index contributed by atoms with van der Waals surface area (Å²) in [6.45, 7) is 4.07. The maximum atomic E-state index is 14.6. The first-order valence-corrected chi connectivity index (χ1v) is 16.0. The molecule has 238 valence electrons. The summed E-state index contributed by atoms with van der Waals surface area (Å²) in [5.41, 5.74) is 3.61. The van der Waals surface area contributed by atoms with Crippen molar-refractivity contribution in [2.24, 2.45) is 5.92 Å². The van der Waals surface area contributed by atoms with Crippen LogP contribution in [-0.2, 0) is 42.6 Å². The van der Waals surface area contributed by atoms with Crippen LogP contribution in [0.25, 0.3) is 0 Å². The molecule has 4 heterocycles. The van der Waals surface area contributed by atoms with Crippen molar-refractivity contribution in [2.45, 2.75) is 57.4 Å². The van der Waals surface area contributed by atoms with Gasteiger partial charge in [0, 0.05) is 61.9 Å². The first-order chi connectivity index (χ1) is 22.3. The van der Waals surface area contributed by atoms with E-state index in [1.807, 2.05) is 79.7 Å². The molecule has 0 bridgehead atoms. The van der Waals surface area contributed by atoms with E-state index >= 15 is 0 Å². The van der Waals surface area contributed by atoms with Gasteiger partial charge in [0.15, 0.2) is 5.60 Å². The monoisotopic (exact) mass is 622 g/mol. The molecule has 0 radical (unpaired) electrons. The maximum Gasteiger partial charge on any atom is 0.264 e. The fraction of sp³-hybridized carbons (Fsp3) is 0.389. The Balaban J connectivity index is 1.16. The SMILES string of the molecule is C[C@H]1C[C@@H](CC(=O)N(CCO)Cc2ccccc2)O[C@]12C(=O)N(Cc1ccc(N3CCC3=O)cc1)c1ccc(N3CCC3=O)cc12. The Kier molecular flexibility index (Phi) is 7.86. The van der Waals surface area contributed by atoms with Crippen molar-refractivity contribution in [3.63, 3.8) is 0 Å². The van der Waals surface area contributed by atoms with Gasteiger partial charge >= 0.3 is 0 Å². The summed E-state index contributed by atoms with van der Waals surface area (Å²) in [7, 11) is 0. The smallest absolute Gasteiger partial charge is 0.264 e. The van der Waals surface area contributed by atoms with Crippen LogP contribution in [0.3, 0.4) is 0 Å². The lowest BCUT2D eigenvalue weighted by atomic mass is 9.82. The minimum absolute atomic E-state index is 0.0437. The van der Waals surface area contributed by atoms with Gasteiger partial charge in [0.05, 0.1) is 31.4 Å². The number of hydrogen-bond acceptors (Lipinski definition) is 6. The first kappa shape index (κ1) is 30.1. The summed E-state index contributed by atoms with van der Waals surface area (Å²) in [5.74, 6) is -0.410. The average Bonchev–Trinajstić information content (AvgIpc) is 3.49. The number of amides is 4. The minimum atomic E-state index is -1.30. The quantitative estimate of drug-likeness (QED) is 0.345. The maximum absolute atomic E-state index is 14.6. The van der Waals surface area contributed by atoms with Gasteiger partial charge in [0.2, 0.25) is 17.7 Å². The highest BCUT2D eigenvalue weighted by Crippen LogP contribution is 2.55. The fourth-order valence-electron chi connectivity index (χ4n) is 7.19. The van der Waals surface area contributed by atoms with Gasteiger partial charge in [-0.05, 0) is 47.9 Å². The van der Waals surface area contributed by atoms with Crippen LogP contribution in [-0.4, -0.2) is 66.0 Å². The number of nitrogens with zero attached hydrogens (tertiary/aromatic N) is 4. The number of β-lactam (4-membered cyclic amide) rings is 2. The Morgan fingerprint density at radius 2 is 1.59 bits per heavy atom. The molecule has 7 rings (SSSR count). The van der Waals surface area contributed by atoms with Crippen LogP contribution in [0.15, 0.2) is 72.8 Å². The standard InChI is InChI=1S/C36H38N4O6/c1-24-19-29(21-34(44)37(17-18-41)22-25-5-3-2-4-6-25)46-36(24)30-20-28(39-16-14-33(39)43)11-12-31(30)40(35(36)45)23-26-7-9-27(10-8-26)38-15-13-32(38)42/h2-12,20,24,29,41H,13-19,21-23H2,1H3/t24-,29-,36+/m0/s1. The van der Waals surface area contributed by atoms with Crippen LogP contribution < -0.4 is 14.7 Å². The molecule has 0 saturated carbocycles. The van der Waals surface area contributed by atoms with E-state index in [-0.39, 0.29) is 49.1 Å². The highest BCUT2D eigenvalue weighted by molar-refractivity contribution is 6.09. The van der Waals surface area contributed by atoms with E-state index in [0.29, 0.717) is 45.4 Å². The Morgan fingerprint density at radius 1 is 0.913 bits per heavy atom. The van der Waals surface area contributed by atoms with E-state index in [2.05, 4.69) is 0 Å². The first-order valence-electron chi connectivity index (χ1n) is 16.0. The lowest BCUT2D eigenvalue weighted by Gasteiger charge is -2.32. The van der Waals surface area contributed by atoms with Crippen LogP contribution in [0.4, 0.5) is 17.1 Å². The highest BCUT2D eigenvalue weighted by Gasteiger charge is 2.60. The number of fused-ring (bicyclic) bond motifs is 2. The van der Waals surface area contributed by atoms with Gasteiger partial charge in [-0.15, -0.1) is 0 Å². The summed E-state index contributed by atoms with van der Waals surface area (Å²) in [6, 6.07) is 23.0. The molecular weight excluding hydrogens is 584 g/mol. The largest absolute Gasteiger partial charge is 0.395 e. The molecule has 1 N–H and O–H groups in total. The summed E-state index contributed by atoms with van der Waals surface area (Å²) in [6.07, 6.45) is 1.15. The van der Waals surface area contributed by atoms with Crippen molar-refractivity contribution < 1.29 is 29.0 Å². The second-order valence-corrected chi connectivity index (χ2v) is 12.7. The number of carbonyl (C=O) groups excluding carboxylic acids is 4. The zero-order valence-electron chi connectivity index (χ0n) is 25.9. The van der Waals surface area contributed by atoms with E-state index in [0.717, 1.165) is 33.8 Å². The number of anilines is 3. The molecule has 3 saturated heterocycles. The second-order valence-electron chi connectivity index (χ2n) is 12.7. The predicted molar refractivity (Wildman–Crippen MR) is 172 cm³/mol. The number of aliphatic hydroxyl groups excluding tert-OH is 1. The Hall–Kier alpha value is -4.54. The molecule has 3 fully saturated rings. The molecule has 4 aliphatic heterocycles. The zero-order chi connectivity index (χ0) is 32.0. The summed E-state index contributed by atoms with van der Waals surface area (Å²) >= 11 is 0. The molecule has 4 aliphatic rings. The van der Waals surface area contributed by atoms with E-state index in [9.17, 15) is 24.3 Å². The number of rotatable bonds is 10. The molecule has 3 atom stereocenters. The molecule has 10 heteroatoms. The fourth-order valence-corrected chi connectivity index (χ4v) is 7.19. The zero-order valence-corrected chi connectivity index (χ0v) is 25.9. The van der Waals surface area contributed by atoms with E-state index < -0.39 is 11.7 Å². The Morgan fingerprint density at radius 3 is 2.22 bits per heavy atom. The van der Waals surface area contributed by atoms with Crippen molar-refractivity contribution in [1.29, 1.82) is 0 Å². The minimum Gasteiger partial charge on any atom is -0.395 e. The topological polar surface area (TPSA) is 111 Å². The molecule has 0 unspecified atom stereocenters. The summed E-state index contributed by atoms with van der Waals surface area (Å²) in [4.78, 5) is 59.2.